The van der Waals surface area contributed by atoms with Crippen LogP contribution in [0.15, 0.2) is 42.7 Å². The monoisotopic (exact) mass is 347 g/mol. The minimum absolute atomic E-state index is 0.298. The average Bonchev–Trinajstić information content (AvgIpc) is 2.64. The zero-order valence-electron chi connectivity index (χ0n) is 14.3. The second kappa shape index (κ2) is 7.99. The van der Waals surface area contributed by atoms with E-state index in [2.05, 4.69) is 27.8 Å². The van der Waals surface area contributed by atoms with Crippen molar-refractivity contribution < 1.29 is 13.9 Å². The number of pyridine rings is 1. The summed E-state index contributed by atoms with van der Waals surface area (Å²) in [5.74, 6) is -1.82. The molecule has 1 saturated heterocycles. The third kappa shape index (κ3) is 4.39. The molecule has 1 aliphatic rings. The fraction of sp³-hybridized carbons (Fsp3) is 0.421. The number of hydrogen-bond acceptors (Lipinski definition) is 4. The van der Waals surface area contributed by atoms with E-state index in [1.54, 1.807) is 6.20 Å². The van der Waals surface area contributed by atoms with Gasteiger partial charge in [-0.1, -0.05) is 12.1 Å². The van der Waals surface area contributed by atoms with Crippen LogP contribution in [0.1, 0.15) is 30.2 Å². The van der Waals surface area contributed by atoms with E-state index in [-0.39, 0.29) is 0 Å². The zero-order valence-corrected chi connectivity index (χ0v) is 14.3. The maximum absolute atomic E-state index is 13.3. The number of piperazine rings is 1. The van der Waals surface area contributed by atoms with Crippen LogP contribution in [0.4, 0.5) is 8.78 Å². The van der Waals surface area contributed by atoms with Crippen LogP contribution in [0.2, 0.25) is 0 Å². The summed E-state index contributed by atoms with van der Waals surface area (Å²) in [6.45, 7) is 6.01. The Balaban J connectivity index is 1.53. The van der Waals surface area contributed by atoms with Gasteiger partial charge in [0.05, 0.1) is 6.10 Å². The van der Waals surface area contributed by atoms with E-state index in [4.69, 9.17) is 0 Å². The van der Waals surface area contributed by atoms with Crippen molar-refractivity contribution in [3.63, 3.8) is 0 Å². The second-order valence-corrected chi connectivity index (χ2v) is 6.49. The minimum atomic E-state index is -0.924. The van der Waals surface area contributed by atoms with E-state index >= 15 is 0 Å². The molecule has 3 rings (SSSR count). The normalized spacial score (nSPS) is 18.9. The van der Waals surface area contributed by atoms with Crippen molar-refractivity contribution in [3.8, 4) is 0 Å². The van der Waals surface area contributed by atoms with Crippen LogP contribution in [0.25, 0.3) is 0 Å². The molecule has 1 N–H and O–H groups in total. The summed E-state index contributed by atoms with van der Waals surface area (Å²) >= 11 is 0. The van der Waals surface area contributed by atoms with Gasteiger partial charge in [0, 0.05) is 51.2 Å². The van der Waals surface area contributed by atoms with Crippen molar-refractivity contribution >= 4 is 0 Å². The second-order valence-electron chi connectivity index (χ2n) is 6.49. The molecule has 2 atom stereocenters. The molecule has 2 aromatic rings. The molecule has 0 aliphatic carbocycles. The first-order valence-corrected chi connectivity index (χ1v) is 8.54. The molecule has 4 nitrogen and oxygen atoms in total. The number of halogens is 2. The Labute approximate surface area is 146 Å². The quantitative estimate of drug-likeness (QED) is 0.903. The van der Waals surface area contributed by atoms with E-state index < -0.39 is 17.7 Å². The summed E-state index contributed by atoms with van der Waals surface area (Å²) in [7, 11) is 0. The van der Waals surface area contributed by atoms with Gasteiger partial charge in [-0.15, -0.1) is 0 Å². The molecule has 0 bridgehead atoms. The van der Waals surface area contributed by atoms with Crippen molar-refractivity contribution in [2.45, 2.75) is 19.1 Å². The highest BCUT2D eigenvalue weighted by atomic mass is 19.2. The van der Waals surface area contributed by atoms with Crippen LogP contribution < -0.4 is 0 Å². The Bertz CT molecular complexity index is 690. The van der Waals surface area contributed by atoms with E-state index in [9.17, 15) is 13.9 Å². The Morgan fingerprint density at radius 2 is 1.84 bits per heavy atom. The summed E-state index contributed by atoms with van der Waals surface area (Å²) < 4.78 is 26.3. The van der Waals surface area contributed by atoms with Crippen molar-refractivity contribution in [1.82, 2.24) is 14.8 Å². The molecular weight excluding hydrogens is 324 g/mol. The van der Waals surface area contributed by atoms with Gasteiger partial charge in [-0.25, -0.2) is 8.78 Å². The van der Waals surface area contributed by atoms with E-state index in [1.807, 2.05) is 12.3 Å². The SMILES string of the molecule is C[C@H](c1cccnc1)N1CCN(C[C@H](O)c2ccc(F)c(F)c2)CC1. The number of nitrogens with zero attached hydrogens (tertiary/aromatic N) is 3. The smallest absolute Gasteiger partial charge is 0.159 e. The van der Waals surface area contributed by atoms with Gasteiger partial charge in [0.15, 0.2) is 11.6 Å². The van der Waals surface area contributed by atoms with Gasteiger partial charge in [0.2, 0.25) is 0 Å². The lowest BCUT2D eigenvalue weighted by atomic mass is 10.1. The number of aliphatic hydroxyl groups excluding tert-OH is 1. The van der Waals surface area contributed by atoms with Gasteiger partial charge in [0.25, 0.3) is 0 Å². The van der Waals surface area contributed by atoms with Crippen LogP contribution in [0.3, 0.4) is 0 Å². The first-order chi connectivity index (χ1) is 12.0. The minimum Gasteiger partial charge on any atom is -0.387 e. The molecule has 6 heteroatoms. The number of aromatic nitrogens is 1. The van der Waals surface area contributed by atoms with Gasteiger partial charge in [-0.2, -0.15) is 0 Å². The van der Waals surface area contributed by atoms with E-state index in [0.717, 1.165) is 38.3 Å². The van der Waals surface area contributed by atoms with E-state index in [0.29, 0.717) is 18.2 Å². The third-order valence-electron chi connectivity index (χ3n) is 4.88. The van der Waals surface area contributed by atoms with Gasteiger partial charge in [-0.05, 0) is 36.2 Å². The molecule has 0 saturated carbocycles. The number of rotatable bonds is 5. The summed E-state index contributed by atoms with van der Waals surface area (Å²) in [4.78, 5) is 8.71. The average molecular weight is 347 g/mol. The summed E-state index contributed by atoms with van der Waals surface area (Å²) in [6.07, 6.45) is 2.84. The summed E-state index contributed by atoms with van der Waals surface area (Å²) in [5, 5.41) is 10.3. The molecule has 25 heavy (non-hydrogen) atoms. The fourth-order valence-corrected chi connectivity index (χ4v) is 3.24. The van der Waals surface area contributed by atoms with Gasteiger partial charge in [-0.3, -0.25) is 14.8 Å². The summed E-state index contributed by atoms with van der Waals surface area (Å²) in [6, 6.07) is 7.88. The number of hydrogen-bond donors (Lipinski definition) is 1. The number of aliphatic hydroxyl groups is 1. The molecule has 2 heterocycles. The van der Waals surface area contributed by atoms with Crippen molar-refractivity contribution in [2.24, 2.45) is 0 Å². The van der Waals surface area contributed by atoms with Crippen molar-refractivity contribution in [2.75, 3.05) is 32.7 Å². The van der Waals surface area contributed by atoms with Crippen LogP contribution in [0, 0.1) is 11.6 Å². The Morgan fingerprint density at radius 1 is 1.08 bits per heavy atom. The van der Waals surface area contributed by atoms with Gasteiger partial charge >= 0.3 is 0 Å². The Kier molecular flexibility index (Phi) is 5.73. The molecule has 1 fully saturated rings. The molecule has 1 aliphatic heterocycles. The first-order valence-electron chi connectivity index (χ1n) is 8.54. The lowest BCUT2D eigenvalue weighted by Crippen LogP contribution is -2.48. The highest BCUT2D eigenvalue weighted by Crippen LogP contribution is 2.22. The lowest BCUT2D eigenvalue weighted by molar-refractivity contribution is 0.0587. The Morgan fingerprint density at radius 3 is 2.48 bits per heavy atom. The van der Waals surface area contributed by atoms with Gasteiger partial charge < -0.3 is 5.11 Å². The predicted molar refractivity (Wildman–Crippen MR) is 92.0 cm³/mol. The third-order valence-corrected chi connectivity index (χ3v) is 4.88. The molecule has 1 aromatic carbocycles. The van der Waals surface area contributed by atoms with Crippen molar-refractivity contribution in [1.29, 1.82) is 0 Å². The van der Waals surface area contributed by atoms with Crippen LogP contribution >= 0.6 is 0 Å². The van der Waals surface area contributed by atoms with Crippen LogP contribution in [-0.4, -0.2) is 52.6 Å². The highest BCUT2D eigenvalue weighted by molar-refractivity contribution is 5.20. The molecule has 134 valence electrons. The molecule has 0 unspecified atom stereocenters. The maximum Gasteiger partial charge on any atom is 0.159 e. The molecule has 0 amide bonds. The lowest BCUT2D eigenvalue weighted by Gasteiger charge is -2.38. The highest BCUT2D eigenvalue weighted by Gasteiger charge is 2.24. The molecule has 0 spiro atoms. The topological polar surface area (TPSA) is 39.6 Å². The van der Waals surface area contributed by atoms with Crippen LogP contribution in [-0.2, 0) is 0 Å². The maximum atomic E-state index is 13.3. The van der Waals surface area contributed by atoms with Crippen LogP contribution in [0.5, 0.6) is 0 Å². The predicted octanol–water partition coefficient (Wildman–Crippen LogP) is 2.77. The zero-order chi connectivity index (χ0) is 17.8. The van der Waals surface area contributed by atoms with E-state index in [1.165, 1.54) is 11.6 Å². The standard InChI is InChI=1S/C19H23F2N3O/c1-14(16-3-2-6-22-12-16)24-9-7-23(8-10-24)13-19(25)15-4-5-17(20)18(21)11-15/h2-6,11-12,14,19,25H,7-10,13H2,1H3/t14-,19+/m1/s1. The Hall–Kier alpha value is -1.89. The van der Waals surface area contributed by atoms with Gasteiger partial charge in [0.1, 0.15) is 0 Å². The number of benzene rings is 1. The first kappa shape index (κ1) is 17.9. The number of β-amino-alcohol motifs (C(OH)–C–C–N with tert-alkyl or cyclic N) is 1. The molecule has 1 aromatic heterocycles. The largest absolute Gasteiger partial charge is 0.387 e. The molecular formula is C19H23F2N3O. The van der Waals surface area contributed by atoms with Crippen molar-refractivity contribution in [3.05, 3.63) is 65.5 Å². The summed E-state index contributed by atoms with van der Waals surface area (Å²) in [5.41, 5.74) is 1.60. The fourth-order valence-electron chi connectivity index (χ4n) is 3.24. The molecule has 0 radical (unpaired) electrons.